The number of fused-ring (bicyclic) bond motifs is 2. The van der Waals surface area contributed by atoms with Crippen LogP contribution in [0, 0.1) is 27.7 Å². The summed E-state index contributed by atoms with van der Waals surface area (Å²) in [5.41, 5.74) is 5.32. The van der Waals surface area contributed by atoms with E-state index in [1.165, 1.54) is 0 Å². The standard InChI is InChI=1S/C20H25BrN2O5.C15H17BrN2O2.C5H9ClO3/c1-4-26-9-10-27-20(25)28-19-17(16-13(2)11-15(21)12-14(16)3)18(24)22-7-5-6-8-23(19)22;1-9-7-11(16)8-10(2)12(9)13-14(19)17-5-3-4-6-18(17)15(13)20;1-2-8-3-4-9-5(6)7/h11-12H,4-10H2,1-3H3;7-8,19H,3-6H2,1-2H3;2-4H2,1H3. The maximum absolute atomic E-state index is 13.2. The molecule has 0 spiro atoms. The zero-order valence-electron chi connectivity index (χ0n) is 33.3. The highest BCUT2D eigenvalue weighted by molar-refractivity contribution is 9.10. The van der Waals surface area contributed by atoms with Crippen molar-refractivity contribution in [2.45, 2.75) is 93.4 Å². The summed E-state index contributed by atoms with van der Waals surface area (Å²) >= 11 is 11.8. The van der Waals surface area contributed by atoms with Crippen molar-refractivity contribution in [3.63, 3.8) is 0 Å². The first-order valence-electron chi connectivity index (χ1n) is 18.9. The van der Waals surface area contributed by atoms with Gasteiger partial charge in [0.1, 0.15) is 24.3 Å². The minimum absolute atomic E-state index is 0.0873. The predicted octanol–water partition coefficient (Wildman–Crippen LogP) is 8.64. The smallest absolute Gasteiger partial charge is 0.493 e. The van der Waals surface area contributed by atoms with Gasteiger partial charge in [0.25, 0.3) is 11.1 Å². The summed E-state index contributed by atoms with van der Waals surface area (Å²) in [4.78, 5) is 47.9. The lowest BCUT2D eigenvalue weighted by atomic mass is 9.97. The van der Waals surface area contributed by atoms with Crippen molar-refractivity contribution in [1.82, 2.24) is 18.7 Å². The average Bonchev–Trinajstić information content (AvgIpc) is 3.57. The van der Waals surface area contributed by atoms with Crippen molar-refractivity contribution in [1.29, 1.82) is 0 Å². The van der Waals surface area contributed by atoms with E-state index in [0.717, 1.165) is 68.0 Å². The first-order valence-corrected chi connectivity index (χ1v) is 20.9. The van der Waals surface area contributed by atoms with Crippen LogP contribution in [0.1, 0.15) is 61.8 Å². The van der Waals surface area contributed by atoms with Crippen LogP contribution in [0.3, 0.4) is 0 Å². The molecule has 0 amide bonds. The van der Waals surface area contributed by atoms with Crippen LogP contribution < -0.4 is 15.9 Å². The number of aryl methyl sites for hydroxylation is 4. The lowest BCUT2D eigenvalue weighted by Gasteiger charge is -2.19. The number of halogens is 3. The van der Waals surface area contributed by atoms with E-state index in [4.69, 9.17) is 30.5 Å². The number of ether oxygens (including phenoxy) is 5. The monoisotopic (exact) mass is 940 g/mol. The average molecular weight is 943 g/mol. The van der Waals surface area contributed by atoms with Gasteiger partial charge >= 0.3 is 11.6 Å². The fourth-order valence-corrected chi connectivity index (χ4v) is 8.45. The quantitative estimate of drug-likeness (QED) is 0.0878. The zero-order valence-corrected chi connectivity index (χ0v) is 37.2. The summed E-state index contributed by atoms with van der Waals surface area (Å²) in [6, 6.07) is 7.85. The van der Waals surface area contributed by atoms with E-state index in [1.807, 2.05) is 65.8 Å². The molecule has 2 aromatic carbocycles. The number of nitrogens with zero attached hydrogens (tertiary/aromatic N) is 4. The van der Waals surface area contributed by atoms with Gasteiger partial charge in [-0.15, -0.1) is 0 Å². The number of rotatable bonds is 11. The van der Waals surface area contributed by atoms with E-state index in [9.17, 15) is 24.3 Å². The molecule has 2 aromatic heterocycles. The second-order valence-electron chi connectivity index (χ2n) is 13.4. The number of carbonyl (C=O) groups excluding carboxylic acids is 2. The fourth-order valence-electron chi connectivity index (χ4n) is 6.99. The summed E-state index contributed by atoms with van der Waals surface area (Å²) in [5, 5.41) is 10.5. The maximum atomic E-state index is 13.2. The van der Waals surface area contributed by atoms with Gasteiger partial charge in [-0.2, -0.15) is 0 Å². The van der Waals surface area contributed by atoms with Crippen LogP contribution >= 0.6 is 43.5 Å². The number of benzene rings is 2. The van der Waals surface area contributed by atoms with Gasteiger partial charge in [-0.1, -0.05) is 31.9 Å². The Labute approximate surface area is 353 Å². The Bertz CT molecular complexity index is 2110. The zero-order chi connectivity index (χ0) is 41.8. The second-order valence-corrected chi connectivity index (χ2v) is 15.5. The molecule has 6 rings (SSSR count). The van der Waals surface area contributed by atoms with Gasteiger partial charge in [0, 0.05) is 59.9 Å². The third-order valence-electron chi connectivity index (χ3n) is 9.35. The normalized spacial score (nSPS) is 13.0. The van der Waals surface area contributed by atoms with Crippen molar-refractivity contribution in [2.75, 3.05) is 39.6 Å². The number of aromatic hydroxyl groups is 1. The largest absolute Gasteiger partial charge is 0.515 e. The summed E-state index contributed by atoms with van der Waals surface area (Å²) < 4.78 is 33.7. The van der Waals surface area contributed by atoms with Gasteiger partial charge in [-0.05, 0) is 125 Å². The molecular weight excluding hydrogens is 892 g/mol. The van der Waals surface area contributed by atoms with E-state index >= 15 is 0 Å². The third-order valence-corrected chi connectivity index (χ3v) is 10.4. The highest BCUT2D eigenvalue weighted by atomic mass is 79.9. The first kappa shape index (κ1) is 45.9. The van der Waals surface area contributed by atoms with Crippen molar-refractivity contribution < 1.29 is 38.4 Å². The summed E-state index contributed by atoms with van der Waals surface area (Å²) in [6.45, 7) is 16.4. The van der Waals surface area contributed by atoms with E-state index in [-0.39, 0.29) is 36.1 Å². The molecule has 0 aliphatic carbocycles. The van der Waals surface area contributed by atoms with E-state index in [1.54, 1.807) is 18.7 Å². The first-order chi connectivity index (χ1) is 27.2. The molecule has 1 N–H and O–H groups in total. The van der Waals surface area contributed by atoms with Crippen molar-refractivity contribution in [3.05, 3.63) is 76.2 Å². The van der Waals surface area contributed by atoms with E-state index in [2.05, 4.69) is 36.6 Å². The highest BCUT2D eigenvalue weighted by Crippen LogP contribution is 2.37. The van der Waals surface area contributed by atoms with Crippen molar-refractivity contribution in [2.24, 2.45) is 0 Å². The maximum Gasteiger partial charge on any atom is 0.515 e. The van der Waals surface area contributed by atoms with Crippen LogP contribution in [0.15, 0.2) is 42.8 Å². The van der Waals surface area contributed by atoms with E-state index in [0.29, 0.717) is 63.7 Å². The lowest BCUT2D eigenvalue weighted by Crippen LogP contribution is -2.28. The Balaban J connectivity index is 0.000000215. The van der Waals surface area contributed by atoms with Crippen LogP contribution in [0.2, 0.25) is 0 Å². The molecule has 0 fully saturated rings. The highest BCUT2D eigenvalue weighted by Gasteiger charge is 2.29. The predicted molar refractivity (Wildman–Crippen MR) is 225 cm³/mol. The topological polar surface area (TPSA) is 154 Å². The van der Waals surface area contributed by atoms with Crippen molar-refractivity contribution >= 4 is 55.0 Å². The minimum atomic E-state index is -0.833. The number of hydrogen-bond donors (Lipinski definition) is 1. The van der Waals surface area contributed by atoms with Gasteiger partial charge in [0.05, 0.1) is 13.2 Å². The molecule has 17 heteroatoms. The molecule has 4 heterocycles. The summed E-state index contributed by atoms with van der Waals surface area (Å²) in [5.74, 6) is 0.350. The molecule has 14 nitrogen and oxygen atoms in total. The molecule has 2 aliphatic heterocycles. The SMILES string of the molecule is CCOCCOC(=O)Cl.CCOCCOC(=O)Oc1c(-c2c(C)cc(Br)cc2C)c(=O)n2n1CCCC2.Cc1cc(Br)cc(C)c1-c1c(O)n2n(c1=O)CCCC2. The molecule has 0 unspecified atom stereocenters. The van der Waals surface area contributed by atoms with Gasteiger partial charge in [0.15, 0.2) is 0 Å². The number of hydrogen-bond acceptors (Lipinski definition) is 10. The molecule has 0 saturated heterocycles. The summed E-state index contributed by atoms with van der Waals surface area (Å²) in [7, 11) is 0. The van der Waals surface area contributed by atoms with Gasteiger partial charge in [0.2, 0.25) is 11.8 Å². The minimum Gasteiger partial charge on any atom is -0.493 e. The molecule has 0 saturated carbocycles. The molecule has 0 atom stereocenters. The van der Waals surface area contributed by atoms with Crippen LogP contribution in [0.25, 0.3) is 22.3 Å². The molecule has 2 aliphatic rings. The molecule has 57 heavy (non-hydrogen) atoms. The van der Waals surface area contributed by atoms with Gasteiger partial charge in [-0.25, -0.2) is 19.0 Å². The van der Waals surface area contributed by atoms with Crippen LogP contribution in [0.5, 0.6) is 11.8 Å². The third kappa shape index (κ3) is 11.6. The second kappa shape index (κ2) is 21.8. The lowest BCUT2D eigenvalue weighted by molar-refractivity contribution is 0.0537. The molecular formula is C40H51Br2ClN4O10. The van der Waals surface area contributed by atoms with Crippen LogP contribution in [-0.4, -0.2) is 75.1 Å². The Hall–Kier alpha value is -3.83. The molecule has 0 radical (unpaired) electrons. The van der Waals surface area contributed by atoms with Crippen molar-refractivity contribution in [3.8, 4) is 34.0 Å². The Morgan fingerprint density at radius 2 is 1.04 bits per heavy atom. The van der Waals surface area contributed by atoms with Gasteiger partial charge in [-0.3, -0.25) is 19.0 Å². The fraction of sp³-hybridized carbons (Fsp3) is 0.500. The van der Waals surface area contributed by atoms with Crippen LogP contribution in [0.4, 0.5) is 9.59 Å². The van der Waals surface area contributed by atoms with Gasteiger partial charge < -0.3 is 28.8 Å². The molecule has 4 aromatic rings. The number of aromatic nitrogens is 4. The molecule has 312 valence electrons. The number of carbonyl (C=O) groups is 2. The molecule has 0 bridgehead atoms. The van der Waals surface area contributed by atoms with E-state index < -0.39 is 11.6 Å². The van der Waals surface area contributed by atoms with Crippen LogP contribution in [-0.2, 0) is 45.1 Å². The Morgan fingerprint density at radius 3 is 1.49 bits per heavy atom. The summed E-state index contributed by atoms with van der Waals surface area (Å²) in [6.07, 6.45) is 2.99. The Morgan fingerprint density at radius 1 is 0.632 bits per heavy atom. The Kier molecular flexibility index (Phi) is 17.5.